The molecule has 2 aromatic rings. The van der Waals surface area contributed by atoms with Crippen LogP contribution in [0.5, 0.6) is 0 Å². The van der Waals surface area contributed by atoms with E-state index in [0.29, 0.717) is 18.7 Å². The van der Waals surface area contributed by atoms with Crippen molar-refractivity contribution in [2.24, 2.45) is 5.16 Å². The summed E-state index contributed by atoms with van der Waals surface area (Å²) < 4.78 is 0. The second-order valence-electron chi connectivity index (χ2n) is 8.27. The van der Waals surface area contributed by atoms with Gasteiger partial charge in [-0.2, -0.15) is 0 Å². The minimum atomic E-state index is -0.325. The zero-order valence-corrected chi connectivity index (χ0v) is 17.0. The van der Waals surface area contributed by atoms with Crippen LogP contribution in [0, 0.1) is 0 Å². The normalized spacial score (nSPS) is 22.3. The van der Waals surface area contributed by atoms with Gasteiger partial charge < -0.3 is 10.2 Å². The lowest BCUT2D eigenvalue weighted by molar-refractivity contribution is -0.115. The van der Waals surface area contributed by atoms with Gasteiger partial charge in [0.05, 0.1) is 0 Å². The molecule has 4 rings (SSSR count). The van der Waals surface area contributed by atoms with Gasteiger partial charge in [0, 0.05) is 39.0 Å². The van der Waals surface area contributed by atoms with E-state index in [4.69, 9.17) is 4.84 Å². The quantitative estimate of drug-likeness (QED) is 0.787. The highest BCUT2D eigenvalue weighted by Gasteiger charge is 2.46. The maximum absolute atomic E-state index is 12.6. The molecule has 2 aliphatic rings. The van der Waals surface area contributed by atoms with Crippen molar-refractivity contribution in [3.05, 3.63) is 71.8 Å². The van der Waals surface area contributed by atoms with Gasteiger partial charge in [0.1, 0.15) is 5.71 Å². The smallest absolute Gasteiger partial charge is 0.269 e. The Bertz CT molecular complexity index is 853. The Morgan fingerprint density at radius 3 is 2.66 bits per heavy atom. The summed E-state index contributed by atoms with van der Waals surface area (Å²) in [5.41, 5.74) is 2.77. The third-order valence-corrected chi connectivity index (χ3v) is 5.99. The Balaban J connectivity index is 1.23. The molecule has 0 bridgehead atoms. The van der Waals surface area contributed by atoms with Crippen molar-refractivity contribution in [1.82, 2.24) is 10.2 Å². The number of carbonyl (C=O) groups excluding carboxylic acids is 1. The predicted molar refractivity (Wildman–Crippen MR) is 115 cm³/mol. The van der Waals surface area contributed by atoms with Crippen LogP contribution < -0.4 is 5.32 Å². The molecule has 2 aliphatic heterocycles. The van der Waals surface area contributed by atoms with Crippen LogP contribution in [0.15, 0.2) is 65.8 Å². The Kier molecular flexibility index (Phi) is 5.95. The summed E-state index contributed by atoms with van der Waals surface area (Å²) in [6.07, 6.45) is 2.55. The maximum Gasteiger partial charge on any atom is 0.269 e. The van der Waals surface area contributed by atoms with E-state index in [1.165, 1.54) is 11.1 Å². The highest BCUT2D eigenvalue weighted by atomic mass is 16.7. The molecule has 1 N–H and O–H groups in total. The van der Waals surface area contributed by atoms with Gasteiger partial charge in [-0.25, -0.2) is 0 Å². The number of nitrogens with one attached hydrogen (secondary N) is 1. The van der Waals surface area contributed by atoms with Crippen molar-refractivity contribution in [3.8, 4) is 0 Å². The molecule has 0 radical (unpaired) electrons. The van der Waals surface area contributed by atoms with Crippen molar-refractivity contribution < 1.29 is 9.63 Å². The minimum absolute atomic E-state index is 0.104. The van der Waals surface area contributed by atoms with E-state index >= 15 is 0 Å². The molecule has 1 amide bonds. The van der Waals surface area contributed by atoms with Gasteiger partial charge in [0.15, 0.2) is 5.60 Å². The molecule has 5 heteroatoms. The van der Waals surface area contributed by atoms with Gasteiger partial charge in [-0.15, -0.1) is 0 Å². The first-order valence-corrected chi connectivity index (χ1v) is 10.5. The van der Waals surface area contributed by atoms with E-state index < -0.39 is 0 Å². The van der Waals surface area contributed by atoms with E-state index in [1.807, 2.05) is 24.3 Å². The molecule has 2 atom stereocenters. The Morgan fingerprint density at radius 1 is 1.17 bits per heavy atom. The molecular formula is C24H29N3O2. The average molecular weight is 392 g/mol. The van der Waals surface area contributed by atoms with E-state index in [-0.39, 0.29) is 17.4 Å². The highest BCUT2D eigenvalue weighted by Crippen LogP contribution is 2.34. The molecule has 0 aromatic heterocycles. The molecule has 2 aromatic carbocycles. The number of oxime groups is 1. The third-order valence-electron chi connectivity index (χ3n) is 5.99. The number of rotatable bonds is 7. The zero-order chi connectivity index (χ0) is 20.1. The number of benzene rings is 2. The standard InChI is InChI=1S/C24H29N3O2/c1-19(21-10-6-3-7-11-21)17-25-23(28)22-16-24(29-26-22)13-15-27(18-24)14-12-20-8-4-2-5-9-20/h2-11,19H,12-18H2,1H3,(H,25,28)/t19-,24-/m1/s1. The number of carbonyl (C=O) groups is 1. The van der Waals surface area contributed by atoms with E-state index in [0.717, 1.165) is 32.5 Å². The fraction of sp³-hybridized carbons (Fsp3) is 0.417. The monoisotopic (exact) mass is 391 g/mol. The molecular weight excluding hydrogens is 362 g/mol. The second kappa shape index (κ2) is 8.78. The SMILES string of the molecule is C[C@H](CNC(=O)C1=NO[C@]2(CCN(CCc3ccccc3)C2)C1)c1ccccc1. The minimum Gasteiger partial charge on any atom is -0.387 e. The van der Waals surface area contributed by atoms with Crippen LogP contribution in [0.3, 0.4) is 0 Å². The summed E-state index contributed by atoms with van der Waals surface area (Å²) in [6, 6.07) is 20.8. The number of hydrogen-bond acceptors (Lipinski definition) is 4. The fourth-order valence-corrected chi connectivity index (χ4v) is 4.16. The first-order valence-electron chi connectivity index (χ1n) is 10.5. The first-order chi connectivity index (χ1) is 14.1. The largest absolute Gasteiger partial charge is 0.387 e. The maximum atomic E-state index is 12.6. The lowest BCUT2D eigenvalue weighted by Crippen LogP contribution is -2.38. The van der Waals surface area contributed by atoms with Crippen molar-refractivity contribution in [1.29, 1.82) is 0 Å². The highest BCUT2D eigenvalue weighted by molar-refractivity contribution is 6.39. The molecule has 0 unspecified atom stereocenters. The molecule has 2 heterocycles. The summed E-state index contributed by atoms with van der Waals surface area (Å²) in [6.45, 7) is 5.54. The molecule has 1 saturated heterocycles. The second-order valence-corrected chi connectivity index (χ2v) is 8.27. The van der Waals surface area contributed by atoms with Gasteiger partial charge in [-0.3, -0.25) is 9.69 Å². The fourth-order valence-electron chi connectivity index (χ4n) is 4.16. The van der Waals surface area contributed by atoms with Crippen LogP contribution in [0.25, 0.3) is 0 Å². The molecule has 29 heavy (non-hydrogen) atoms. The summed E-state index contributed by atoms with van der Waals surface area (Å²) >= 11 is 0. The molecule has 0 aliphatic carbocycles. The van der Waals surface area contributed by atoms with Crippen LogP contribution in [-0.4, -0.2) is 48.3 Å². The number of nitrogens with zero attached hydrogens (tertiary/aromatic N) is 2. The summed E-state index contributed by atoms with van der Waals surface area (Å²) in [5, 5.41) is 7.18. The molecule has 1 spiro atoms. The van der Waals surface area contributed by atoms with Crippen LogP contribution in [0.2, 0.25) is 0 Å². The van der Waals surface area contributed by atoms with Crippen molar-refractivity contribution in [3.63, 3.8) is 0 Å². The van der Waals surface area contributed by atoms with Gasteiger partial charge >= 0.3 is 0 Å². The lowest BCUT2D eigenvalue weighted by Gasteiger charge is -2.21. The van der Waals surface area contributed by atoms with Crippen LogP contribution in [0.4, 0.5) is 0 Å². The molecule has 152 valence electrons. The predicted octanol–water partition coefficient (Wildman–Crippen LogP) is 3.37. The summed E-state index contributed by atoms with van der Waals surface area (Å²) in [5.74, 6) is 0.157. The zero-order valence-electron chi connectivity index (χ0n) is 17.0. The number of likely N-dealkylation sites (tertiary alicyclic amines) is 1. The van der Waals surface area contributed by atoms with Gasteiger partial charge in [0.2, 0.25) is 0 Å². The van der Waals surface area contributed by atoms with Gasteiger partial charge in [-0.1, -0.05) is 72.7 Å². The van der Waals surface area contributed by atoms with Crippen molar-refractivity contribution in [2.75, 3.05) is 26.2 Å². The first kappa shape index (κ1) is 19.6. The Morgan fingerprint density at radius 2 is 1.90 bits per heavy atom. The summed E-state index contributed by atoms with van der Waals surface area (Å²) in [7, 11) is 0. The van der Waals surface area contributed by atoms with Gasteiger partial charge in [0.25, 0.3) is 5.91 Å². The topological polar surface area (TPSA) is 53.9 Å². The van der Waals surface area contributed by atoms with Gasteiger partial charge in [-0.05, 0) is 23.5 Å². The number of amides is 1. The summed E-state index contributed by atoms with van der Waals surface area (Å²) in [4.78, 5) is 20.8. The lowest BCUT2D eigenvalue weighted by atomic mass is 9.96. The number of hydrogen-bond donors (Lipinski definition) is 1. The Labute approximate surface area is 172 Å². The third kappa shape index (κ3) is 4.85. The van der Waals surface area contributed by atoms with Crippen molar-refractivity contribution in [2.45, 2.75) is 37.7 Å². The van der Waals surface area contributed by atoms with E-state index in [2.05, 4.69) is 58.7 Å². The molecule has 5 nitrogen and oxygen atoms in total. The van der Waals surface area contributed by atoms with Crippen LogP contribution >= 0.6 is 0 Å². The van der Waals surface area contributed by atoms with E-state index in [1.54, 1.807) is 0 Å². The van der Waals surface area contributed by atoms with Crippen LogP contribution in [-0.2, 0) is 16.1 Å². The van der Waals surface area contributed by atoms with E-state index in [9.17, 15) is 4.79 Å². The van der Waals surface area contributed by atoms with Crippen molar-refractivity contribution >= 4 is 11.6 Å². The molecule has 0 saturated carbocycles. The average Bonchev–Trinajstić information content (AvgIpc) is 3.38. The van der Waals surface area contributed by atoms with Crippen LogP contribution in [0.1, 0.15) is 36.8 Å². The molecule has 1 fully saturated rings. The Hall–Kier alpha value is -2.66.